The Morgan fingerprint density at radius 3 is 2.60 bits per heavy atom. The molecule has 0 saturated heterocycles. The van der Waals surface area contributed by atoms with Crippen LogP contribution in [0.15, 0.2) is 54.9 Å². The van der Waals surface area contributed by atoms with Crippen molar-refractivity contribution in [3.63, 3.8) is 0 Å². The zero-order valence-corrected chi connectivity index (χ0v) is 13.2. The Morgan fingerprint density at radius 2 is 1.80 bits per heavy atom. The number of nitrogens with zero attached hydrogens (tertiary/aromatic N) is 2. The number of rotatable bonds is 4. The van der Waals surface area contributed by atoms with Gasteiger partial charge < -0.3 is 9.88 Å². The van der Waals surface area contributed by atoms with Gasteiger partial charge in [0, 0.05) is 18.7 Å². The second-order valence-electron chi connectivity index (χ2n) is 5.31. The number of amides is 3. The highest BCUT2D eigenvalue weighted by molar-refractivity contribution is 5.90. The van der Waals surface area contributed by atoms with Gasteiger partial charge in [-0.3, -0.25) is 10.2 Å². The van der Waals surface area contributed by atoms with Gasteiger partial charge in [0.1, 0.15) is 5.82 Å². The fourth-order valence-electron chi connectivity index (χ4n) is 2.30. The third-order valence-corrected chi connectivity index (χ3v) is 3.52. The van der Waals surface area contributed by atoms with Crippen molar-refractivity contribution >= 4 is 28.7 Å². The molecule has 1 heterocycles. The summed E-state index contributed by atoms with van der Waals surface area (Å²) in [6.07, 6.45) is 1.85. The number of halogens is 1. The molecular formula is C17H16FN5O2. The van der Waals surface area contributed by atoms with E-state index in [0.29, 0.717) is 12.2 Å². The van der Waals surface area contributed by atoms with E-state index in [9.17, 15) is 14.0 Å². The first-order chi connectivity index (χ1) is 12.1. The topological polar surface area (TPSA) is 88.1 Å². The van der Waals surface area contributed by atoms with Crippen molar-refractivity contribution < 1.29 is 14.0 Å². The standard InChI is InChI=1S/C17H16FN5O2/c18-12-5-7-13(8-6-12)20-17(25)22-21-16(24)9-10-23-11-19-14-3-1-2-4-15(14)23/h1-8,11H,9-10H2,(H,21,24)(H2,20,22,25). The molecule has 0 radical (unpaired) electrons. The Kier molecular flexibility index (Phi) is 4.89. The number of anilines is 1. The smallest absolute Gasteiger partial charge is 0.330 e. The number of carbonyl (C=O) groups excluding carboxylic acids is 2. The molecular weight excluding hydrogens is 325 g/mol. The predicted octanol–water partition coefficient (Wildman–Crippen LogP) is 2.42. The Labute approximate surface area is 142 Å². The zero-order chi connectivity index (χ0) is 17.6. The minimum atomic E-state index is -0.618. The summed E-state index contributed by atoms with van der Waals surface area (Å²) in [4.78, 5) is 27.8. The normalized spacial score (nSPS) is 10.4. The summed E-state index contributed by atoms with van der Waals surface area (Å²) in [5.74, 6) is -0.738. The van der Waals surface area contributed by atoms with Crippen LogP contribution in [0.4, 0.5) is 14.9 Å². The number of fused-ring (bicyclic) bond motifs is 1. The Morgan fingerprint density at radius 1 is 1.04 bits per heavy atom. The van der Waals surface area contributed by atoms with Gasteiger partial charge in [-0.1, -0.05) is 12.1 Å². The number of hydrogen-bond donors (Lipinski definition) is 3. The minimum absolute atomic E-state index is 0.178. The van der Waals surface area contributed by atoms with E-state index in [4.69, 9.17) is 0 Å². The molecule has 0 bridgehead atoms. The first-order valence-electron chi connectivity index (χ1n) is 7.63. The molecule has 0 fully saturated rings. The number of imidazole rings is 1. The zero-order valence-electron chi connectivity index (χ0n) is 13.2. The number of carbonyl (C=O) groups is 2. The highest BCUT2D eigenvalue weighted by Gasteiger charge is 2.07. The molecule has 3 aromatic rings. The average molecular weight is 341 g/mol. The van der Waals surface area contributed by atoms with Crippen LogP contribution in [0, 0.1) is 5.82 Å². The summed E-state index contributed by atoms with van der Waals surface area (Å²) >= 11 is 0. The fourth-order valence-corrected chi connectivity index (χ4v) is 2.30. The van der Waals surface area contributed by atoms with Gasteiger partial charge in [0.15, 0.2) is 0 Å². The van der Waals surface area contributed by atoms with Gasteiger partial charge >= 0.3 is 6.03 Å². The average Bonchev–Trinajstić information content (AvgIpc) is 3.03. The van der Waals surface area contributed by atoms with Crippen LogP contribution in [0.3, 0.4) is 0 Å². The lowest BCUT2D eigenvalue weighted by Crippen LogP contribution is -2.44. The molecule has 3 N–H and O–H groups in total. The third-order valence-electron chi connectivity index (χ3n) is 3.52. The van der Waals surface area contributed by atoms with Crippen LogP contribution in [-0.4, -0.2) is 21.5 Å². The Hall–Kier alpha value is -3.42. The second-order valence-corrected chi connectivity index (χ2v) is 5.31. The van der Waals surface area contributed by atoms with E-state index in [1.54, 1.807) is 6.33 Å². The van der Waals surface area contributed by atoms with Crippen LogP contribution in [0.25, 0.3) is 11.0 Å². The van der Waals surface area contributed by atoms with Crippen LogP contribution >= 0.6 is 0 Å². The van der Waals surface area contributed by atoms with Crippen molar-refractivity contribution in [2.24, 2.45) is 0 Å². The SMILES string of the molecule is O=C(CCn1cnc2ccccc21)NNC(=O)Nc1ccc(F)cc1. The first kappa shape index (κ1) is 16.4. The molecule has 25 heavy (non-hydrogen) atoms. The van der Waals surface area contributed by atoms with E-state index < -0.39 is 11.8 Å². The van der Waals surface area contributed by atoms with Gasteiger partial charge in [0.2, 0.25) is 5.91 Å². The molecule has 1 aromatic heterocycles. The molecule has 0 unspecified atom stereocenters. The van der Waals surface area contributed by atoms with Crippen molar-refractivity contribution in [2.75, 3.05) is 5.32 Å². The molecule has 0 atom stereocenters. The number of hydrogen-bond acceptors (Lipinski definition) is 3. The summed E-state index contributed by atoms with van der Waals surface area (Å²) in [5.41, 5.74) is 6.78. The lowest BCUT2D eigenvalue weighted by molar-refractivity contribution is -0.121. The third kappa shape index (κ3) is 4.31. The summed E-state index contributed by atoms with van der Waals surface area (Å²) in [7, 11) is 0. The molecule has 7 nitrogen and oxygen atoms in total. The van der Waals surface area contributed by atoms with Crippen molar-refractivity contribution in [3.05, 3.63) is 60.7 Å². The highest BCUT2D eigenvalue weighted by atomic mass is 19.1. The molecule has 0 saturated carbocycles. The number of nitrogens with one attached hydrogen (secondary N) is 3. The number of aromatic nitrogens is 2. The number of hydrazine groups is 1. The Bertz CT molecular complexity index is 891. The lowest BCUT2D eigenvalue weighted by Gasteiger charge is -2.09. The first-order valence-corrected chi connectivity index (χ1v) is 7.63. The predicted molar refractivity (Wildman–Crippen MR) is 91.0 cm³/mol. The van der Waals surface area contributed by atoms with Crippen LogP contribution in [0.2, 0.25) is 0 Å². The van der Waals surface area contributed by atoms with Gasteiger partial charge in [-0.25, -0.2) is 19.6 Å². The maximum atomic E-state index is 12.8. The van der Waals surface area contributed by atoms with Crippen molar-refractivity contribution in [1.29, 1.82) is 0 Å². The highest BCUT2D eigenvalue weighted by Crippen LogP contribution is 2.12. The van der Waals surface area contributed by atoms with E-state index in [-0.39, 0.29) is 12.3 Å². The van der Waals surface area contributed by atoms with E-state index in [1.165, 1.54) is 24.3 Å². The second kappa shape index (κ2) is 7.43. The van der Waals surface area contributed by atoms with Crippen molar-refractivity contribution in [3.8, 4) is 0 Å². The molecule has 3 rings (SSSR count). The van der Waals surface area contributed by atoms with Gasteiger partial charge in [-0.15, -0.1) is 0 Å². The largest absolute Gasteiger partial charge is 0.337 e. The molecule has 128 valence electrons. The summed E-state index contributed by atoms with van der Waals surface area (Å²) in [6.45, 7) is 0.438. The van der Waals surface area contributed by atoms with E-state index in [0.717, 1.165) is 11.0 Å². The Balaban J connectivity index is 1.44. The molecule has 0 aliphatic heterocycles. The summed E-state index contributed by atoms with van der Waals surface area (Å²) in [5, 5.41) is 2.47. The van der Waals surface area contributed by atoms with Crippen LogP contribution in [0.5, 0.6) is 0 Å². The number of para-hydroxylation sites is 2. The lowest BCUT2D eigenvalue weighted by atomic mass is 10.3. The molecule has 3 amide bonds. The molecule has 0 aliphatic rings. The van der Waals surface area contributed by atoms with Crippen LogP contribution < -0.4 is 16.2 Å². The van der Waals surface area contributed by atoms with Crippen molar-refractivity contribution in [1.82, 2.24) is 20.4 Å². The van der Waals surface area contributed by atoms with Crippen LogP contribution in [-0.2, 0) is 11.3 Å². The van der Waals surface area contributed by atoms with Crippen LogP contribution in [0.1, 0.15) is 6.42 Å². The van der Waals surface area contributed by atoms with E-state index in [1.807, 2.05) is 28.8 Å². The van der Waals surface area contributed by atoms with Gasteiger partial charge in [-0.2, -0.15) is 0 Å². The summed E-state index contributed by atoms with van der Waals surface area (Å²) < 4.78 is 14.7. The van der Waals surface area contributed by atoms with Gasteiger partial charge in [-0.05, 0) is 36.4 Å². The number of benzene rings is 2. The fraction of sp³-hybridized carbons (Fsp3) is 0.118. The van der Waals surface area contributed by atoms with Crippen molar-refractivity contribution in [2.45, 2.75) is 13.0 Å². The van der Waals surface area contributed by atoms with Gasteiger partial charge in [0.05, 0.1) is 17.4 Å². The number of aryl methyl sites for hydroxylation is 1. The summed E-state index contributed by atoms with van der Waals surface area (Å²) in [6, 6.07) is 12.3. The quantitative estimate of drug-likeness (QED) is 0.637. The molecule has 0 spiro atoms. The minimum Gasteiger partial charge on any atom is -0.330 e. The monoisotopic (exact) mass is 341 g/mol. The van der Waals surface area contributed by atoms with Gasteiger partial charge in [0.25, 0.3) is 0 Å². The maximum Gasteiger partial charge on any atom is 0.337 e. The molecule has 8 heteroatoms. The van der Waals surface area contributed by atoms with E-state index >= 15 is 0 Å². The molecule has 2 aromatic carbocycles. The number of urea groups is 1. The maximum absolute atomic E-state index is 12.8. The molecule has 0 aliphatic carbocycles. The van der Waals surface area contributed by atoms with E-state index in [2.05, 4.69) is 21.2 Å².